The second kappa shape index (κ2) is 19.5. The molecule has 0 rings (SSSR count). The van der Waals surface area contributed by atoms with Crippen LogP contribution in [0.2, 0.25) is 0 Å². The fourth-order valence-corrected chi connectivity index (χ4v) is 2.61. The fraction of sp³-hybridized carbons (Fsp3) is 0.889. The Morgan fingerprint density at radius 2 is 1.50 bits per heavy atom. The van der Waals surface area contributed by atoms with Crippen LogP contribution in [-0.4, -0.2) is 67.3 Å². The van der Waals surface area contributed by atoms with Crippen molar-refractivity contribution in [1.29, 1.82) is 0 Å². The third-order valence-electron chi connectivity index (χ3n) is 4.09. The molecule has 0 aliphatic heterocycles. The summed E-state index contributed by atoms with van der Waals surface area (Å²) in [5, 5.41) is 11.7. The molecule has 24 heavy (non-hydrogen) atoms. The monoisotopic (exact) mass is 370 g/mol. The molecule has 0 saturated carbocycles. The Labute approximate surface area is 180 Å². The average Bonchev–Trinajstić information content (AvgIpc) is 2.52. The largest absolute Gasteiger partial charge is 2.00 e. The third kappa shape index (κ3) is 17.0. The Morgan fingerprint density at radius 3 is 2.00 bits per heavy atom. The van der Waals surface area contributed by atoms with Gasteiger partial charge in [0.05, 0.1) is 0 Å². The van der Waals surface area contributed by atoms with Crippen LogP contribution in [0.3, 0.4) is 0 Å². The van der Waals surface area contributed by atoms with E-state index in [1.54, 1.807) is 0 Å². The normalized spacial score (nSPS) is 11.6. The minimum atomic E-state index is -0.956. The molecule has 0 aromatic carbocycles. The first kappa shape index (κ1) is 26.4. The van der Waals surface area contributed by atoms with Gasteiger partial charge >= 0.3 is 43.7 Å². The standard InChI is InChI=1S/C18H36N2O3.Ca.2H/c1-2-3-4-5-6-7-8-9-10-14-17(21)20-16(18(22)23)13-11-12-15-19;;;/h16H,2-15,19H2,1H3,(H,20,21)(H,22,23);;;/q;+2;2*-1. The first-order chi connectivity index (χ1) is 11.1. The van der Waals surface area contributed by atoms with Crippen molar-refractivity contribution in [3.8, 4) is 0 Å². The summed E-state index contributed by atoms with van der Waals surface area (Å²) in [6.07, 6.45) is 13.2. The second-order valence-corrected chi connectivity index (χ2v) is 6.32. The topological polar surface area (TPSA) is 92.4 Å². The predicted molar refractivity (Wildman–Crippen MR) is 102 cm³/mol. The molecule has 4 N–H and O–H groups in total. The van der Waals surface area contributed by atoms with Crippen molar-refractivity contribution in [3.63, 3.8) is 0 Å². The summed E-state index contributed by atoms with van der Waals surface area (Å²) >= 11 is 0. The molecule has 1 unspecified atom stereocenters. The van der Waals surface area contributed by atoms with E-state index in [1.807, 2.05) is 0 Å². The van der Waals surface area contributed by atoms with Gasteiger partial charge in [0.25, 0.3) is 0 Å². The minimum Gasteiger partial charge on any atom is -1.00 e. The van der Waals surface area contributed by atoms with Crippen molar-refractivity contribution in [2.45, 2.75) is 96.4 Å². The Morgan fingerprint density at radius 1 is 0.958 bits per heavy atom. The molecule has 1 atom stereocenters. The molecule has 1 amide bonds. The first-order valence-electron chi connectivity index (χ1n) is 9.34. The van der Waals surface area contributed by atoms with E-state index in [2.05, 4.69) is 12.2 Å². The number of hydrogen-bond acceptors (Lipinski definition) is 3. The number of unbranched alkanes of at least 4 members (excludes halogenated alkanes) is 9. The van der Waals surface area contributed by atoms with Crippen LogP contribution >= 0.6 is 0 Å². The van der Waals surface area contributed by atoms with Crippen LogP contribution in [0.1, 0.15) is 93.2 Å². The molecule has 140 valence electrons. The van der Waals surface area contributed by atoms with Crippen molar-refractivity contribution >= 4 is 49.6 Å². The maximum atomic E-state index is 11.8. The number of nitrogens with one attached hydrogen (secondary N) is 1. The molecule has 0 aliphatic rings. The zero-order valence-electron chi connectivity index (χ0n) is 17.5. The molecule has 0 heterocycles. The van der Waals surface area contributed by atoms with Crippen LogP contribution in [0.25, 0.3) is 0 Å². The van der Waals surface area contributed by atoms with E-state index in [4.69, 9.17) is 10.8 Å². The number of carboxylic acid groups (broad SMARTS) is 1. The Kier molecular flexibility index (Phi) is 21.4. The Bertz CT molecular complexity index is 325. The molecular weight excluding hydrogens is 332 g/mol. The van der Waals surface area contributed by atoms with Crippen molar-refractivity contribution in [2.75, 3.05) is 6.54 Å². The summed E-state index contributed by atoms with van der Waals surface area (Å²) in [5.41, 5.74) is 5.40. The Balaban J connectivity index is -0.000000807. The molecule has 0 spiro atoms. The van der Waals surface area contributed by atoms with Gasteiger partial charge in [-0.1, -0.05) is 58.3 Å². The molecule has 0 saturated heterocycles. The minimum absolute atomic E-state index is 0. The van der Waals surface area contributed by atoms with Crippen LogP contribution in [-0.2, 0) is 9.59 Å². The van der Waals surface area contributed by atoms with Gasteiger partial charge in [0.2, 0.25) is 5.91 Å². The van der Waals surface area contributed by atoms with Crippen LogP contribution < -0.4 is 11.1 Å². The number of nitrogens with two attached hydrogens (primary N) is 1. The summed E-state index contributed by atoms with van der Waals surface area (Å²) in [6, 6.07) is -0.771. The molecule has 0 radical (unpaired) electrons. The average molecular weight is 371 g/mol. The van der Waals surface area contributed by atoms with Crippen molar-refractivity contribution < 1.29 is 17.5 Å². The van der Waals surface area contributed by atoms with Crippen LogP contribution in [0.4, 0.5) is 0 Å². The number of hydrogen-bond donors (Lipinski definition) is 3. The van der Waals surface area contributed by atoms with Gasteiger partial charge in [-0.05, 0) is 32.2 Å². The smallest absolute Gasteiger partial charge is 1.00 e. The summed E-state index contributed by atoms with van der Waals surface area (Å²) in [4.78, 5) is 22.9. The second-order valence-electron chi connectivity index (χ2n) is 6.32. The van der Waals surface area contributed by atoms with Crippen molar-refractivity contribution in [2.24, 2.45) is 5.73 Å². The molecule has 0 aromatic rings. The molecule has 6 heteroatoms. The molecule has 5 nitrogen and oxygen atoms in total. The number of aliphatic carboxylic acids is 1. The maximum Gasteiger partial charge on any atom is 2.00 e. The van der Waals surface area contributed by atoms with E-state index in [0.717, 1.165) is 32.1 Å². The van der Waals surface area contributed by atoms with Gasteiger partial charge in [-0.3, -0.25) is 4.79 Å². The van der Waals surface area contributed by atoms with Gasteiger partial charge < -0.3 is 19.0 Å². The van der Waals surface area contributed by atoms with Gasteiger partial charge in [0.15, 0.2) is 0 Å². The molecule has 0 aromatic heterocycles. The summed E-state index contributed by atoms with van der Waals surface area (Å²) in [6.45, 7) is 2.77. The van der Waals surface area contributed by atoms with E-state index in [-0.39, 0.29) is 46.5 Å². The fourth-order valence-electron chi connectivity index (χ4n) is 2.61. The predicted octanol–water partition coefficient (Wildman–Crippen LogP) is 3.45. The van der Waals surface area contributed by atoms with E-state index >= 15 is 0 Å². The molecule has 0 aliphatic carbocycles. The quantitative estimate of drug-likeness (QED) is 0.287. The molecular formula is C18H38CaN2O3. The van der Waals surface area contributed by atoms with Crippen LogP contribution in [0, 0.1) is 0 Å². The van der Waals surface area contributed by atoms with E-state index in [1.165, 1.54) is 38.5 Å². The zero-order valence-corrected chi connectivity index (χ0v) is 17.7. The zero-order chi connectivity index (χ0) is 17.3. The van der Waals surface area contributed by atoms with Crippen LogP contribution in [0.15, 0.2) is 0 Å². The van der Waals surface area contributed by atoms with Gasteiger partial charge in [0, 0.05) is 6.42 Å². The van der Waals surface area contributed by atoms with Crippen molar-refractivity contribution in [3.05, 3.63) is 0 Å². The molecule has 0 bridgehead atoms. The van der Waals surface area contributed by atoms with Gasteiger partial charge in [0.1, 0.15) is 6.04 Å². The first-order valence-corrected chi connectivity index (χ1v) is 9.34. The SMILES string of the molecule is CCCCCCCCCCCC(=O)NC(CCCCN)C(=O)O.[Ca+2].[H-].[H-]. The van der Waals surface area contributed by atoms with E-state index in [9.17, 15) is 9.59 Å². The van der Waals surface area contributed by atoms with Crippen molar-refractivity contribution in [1.82, 2.24) is 5.32 Å². The van der Waals surface area contributed by atoms with Crippen LogP contribution in [0.5, 0.6) is 0 Å². The van der Waals surface area contributed by atoms with Gasteiger partial charge in [-0.2, -0.15) is 0 Å². The number of carboxylic acids is 1. The maximum absolute atomic E-state index is 11.8. The number of rotatable bonds is 16. The molecule has 0 fully saturated rings. The van der Waals surface area contributed by atoms with E-state index in [0.29, 0.717) is 19.4 Å². The summed E-state index contributed by atoms with van der Waals surface area (Å²) < 4.78 is 0. The van der Waals surface area contributed by atoms with Gasteiger partial charge in [-0.15, -0.1) is 0 Å². The number of carbonyl (C=O) groups is 2. The van der Waals surface area contributed by atoms with Gasteiger partial charge in [-0.25, -0.2) is 4.79 Å². The third-order valence-corrected chi connectivity index (χ3v) is 4.09. The summed E-state index contributed by atoms with van der Waals surface area (Å²) in [5.74, 6) is -1.10. The number of carbonyl (C=O) groups excluding carboxylic acids is 1. The van der Waals surface area contributed by atoms with E-state index < -0.39 is 12.0 Å². The summed E-state index contributed by atoms with van der Waals surface area (Å²) in [7, 11) is 0. The number of amides is 1. The Hall–Kier alpha value is 0.160.